The molecule has 0 N–H and O–H groups in total. The second-order valence-corrected chi connectivity index (χ2v) is 11.3. The fourth-order valence-corrected chi connectivity index (χ4v) is 5.54. The van der Waals surface area contributed by atoms with Gasteiger partial charge in [-0.3, -0.25) is 4.79 Å². The predicted molar refractivity (Wildman–Crippen MR) is 125 cm³/mol. The number of carbonyl (C=O) groups is 1. The van der Waals surface area contributed by atoms with Gasteiger partial charge in [-0.2, -0.15) is 0 Å². The Morgan fingerprint density at radius 3 is 2.23 bits per heavy atom. The molecule has 0 aromatic heterocycles. The highest BCUT2D eigenvalue weighted by atomic mass is 32.2. The van der Waals surface area contributed by atoms with Crippen molar-refractivity contribution in [3.8, 4) is 0 Å². The number of anilines is 1. The lowest BCUT2D eigenvalue weighted by Crippen LogP contribution is -2.40. The van der Waals surface area contributed by atoms with Gasteiger partial charge < -0.3 is 14.7 Å². The molecule has 0 unspecified atom stereocenters. The molecule has 0 bridgehead atoms. The minimum absolute atomic E-state index is 0.116. The number of hydrogen-bond acceptors (Lipinski definition) is 5. The first-order valence-electron chi connectivity index (χ1n) is 11.5. The van der Waals surface area contributed by atoms with Crippen LogP contribution >= 0.6 is 0 Å². The van der Waals surface area contributed by atoms with Gasteiger partial charge in [0.05, 0.1) is 10.5 Å². The van der Waals surface area contributed by atoms with E-state index < -0.39 is 10.0 Å². The monoisotopic (exact) mass is 450 g/mol. The van der Waals surface area contributed by atoms with E-state index in [-0.39, 0.29) is 10.8 Å². The molecule has 0 radical (unpaired) electrons. The smallest absolute Gasteiger partial charge is 0.255 e. The SMILES string of the molecule is CN(CCN(C)C1CCCCC1)C(=O)c1cc(S(=O)(=O)N(C)C)ccc1N1CCCC1. The summed E-state index contributed by atoms with van der Waals surface area (Å²) in [6.45, 7) is 3.24. The van der Waals surface area contributed by atoms with Gasteiger partial charge in [0.25, 0.3) is 5.91 Å². The van der Waals surface area contributed by atoms with Crippen molar-refractivity contribution >= 4 is 21.6 Å². The second kappa shape index (κ2) is 10.3. The van der Waals surface area contributed by atoms with Gasteiger partial charge in [-0.05, 0) is 50.9 Å². The van der Waals surface area contributed by atoms with Gasteiger partial charge in [-0.1, -0.05) is 19.3 Å². The van der Waals surface area contributed by atoms with Crippen LogP contribution in [-0.4, -0.2) is 88.8 Å². The van der Waals surface area contributed by atoms with E-state index in [1.54, 1.807) is 23.1 Å². The van der Waals surface area contributed by atoms with Crippen LogP contribution in [0.5, 0.6) is 0 Å². The average molecular weight is 451 g/mol. The Kier molecular flexibility index (Phi) is 7.99. The number of sulfonamides is 1. The van der Waals surface area contributed by atoms with E-state index in [2.05, 4.69) is 16.8 Å². The first-order chi connectivity index (χ1) is 14.7. The van der Waals surface area contributed by atoms with Crippen LogP contribution in [0.1, 0.15) is 55.3 Å². The molecule has 8 heteroatoms. The topological polar surface area (TPSA) is 64.2 Å². The molecule has 0 spiro atoms. The van der Waals surface area contributed by atoms with Crippen LogP contribution in [-0.2, 0) is 10.0 Å². The summed E-state index contributed by atoms with van der Waals surface area (Å²) in [4.78, 5) is 19.9. The Labute approximate surface area is 188 Å². The summed E-state index contributed by atoms with van der Waals surface area (Å²) in [6, 6.07) is 5.59. The number of hydrogen-bond donors (Lipinski definition) is 0. The molecule has 2 aliphatic rings. The zero-order chi connectivity index (χ0) is 22.6. The highest BCUT2D eigenvalue weighted by molar-refractivity contribution is 7.89. The maximum absolute atomic E-state index is 13.4. The van der Waals surface area contributed by atoms with Crippen LogP contribution in [0.2, 0.25) is 0 Å². The third-order valence-electron chi connectivity index (χ3n) is 6.76. The predicted octanol–water partition coefficient (Wildman–Crippen LogP) is 2.87. The highest BCUT2D eigenvalue weighted by Crippen LogP contribution is 2.29. The number of nitrogens with zero attached hydrogens (tertiary/aromatic N) is 4. The quantitative estimate of drug-likeness (QED) is 0.609. The lowest BCUT2D eigenvalue weighted by Gasteiger charge is -2.32. The van der Waals surface area contributed by atoms with E-state index in [1.165, 1.54) is 50.5 Å². The van der Waals surface area contributed by atoms with Gasteiger partial charge >= 0.3 is 0 Å². The minimum atomic E-state index is -3.60. The summed E-state index contributed by atoms with van der Waals surface area (Å²) in [5.74, 6) is -0.116. The van der Waals surface area contributed by atoms with Crippen molar-refractivity contribution < 1.29 is 13.2 Å². The van der Waals surface area contributed by atoms with Crippen LogP contribution in [0.3, 0.4) is 0 Å². The molecule has 1 aliphatic carbocycles. The molecule has 2 fully saturated rings. The van der Waals surface area contributed by atoms with Crippen LogP contribution < -0.4 is 4.90 Å². The fraction of sp³-hybridized carbons (Fsp3) is 0.696. The van der Waals surface area contributed by atoms with E-state index in [9.17, 15) is 13.2 Å². The molecule has 1 aromatic rings. The maximum atomic E-state index is 13.4. The third kappa shape index (κ3) is 5.59. The molecule has 1 heterocycles. The third-order valence-corrected chi connectivity index (χ3v) is 8.57. The molecule has 1 saturated carbocycles. The Balaban J connectivity index is 1.79. The number of likely N-dealkylation sites (N-methyl/N-ethyl adjacent to an activating group) is 2. The number of amides is 1. The Bertz CT molecular complexity index is 860. The molecule has 1 amide bonds. The molecule has 174 valence electrons. The normalized spacial score (nSPS) is 18.2. The summed E-state index contributed by atoms with van der Waals surface area (Å²) < 4.78 is 26.5. The molecule has 1 aromatic carbocycles. The lowest BCUT2D eigenvalue weighted by atomic mass is 9.94. The first kappa shape index (κ1) is 24.0. The Morgan fingerprint density at radius 2 is 1.61 bits per heavy atom. The van der Waals surface area contributed by atoms with Crippen LogP contribution in [0.4, 0.5) is 5.69 Å². The zero-order valence-corrected chi connectivity index (χ0v) is 20.3. The first-order valence-corrected chi connectivity index (χ1v) is 12.9. The summed E-state index contributed by atoms with van der Waals surface area (Å²) in [7, 11) is 3.39. The van der Waals surface area contributed by atoms with Gasteiger partial charge in [0.2, 0.25) is 10.0 Å². The average Bonchev–Trinajstić information content (AvgIpc) is 3.31. The van der Waals surface area contributed by atoms with Gasteiger partial charge in [0, 0.05) is 59.1 Å². The van der Waals surface area contributed by atoms with Gasteiger partial charge in [0.15, 0.2) is 0 Å². The van der Waals surface area contributed by atoms with E-state index in [4.69, 9.17) is 0 Å². The number of rotatable bonds is 8. The van der Waals surface area contributed by atoms with Crippen molar-refractivity contribution in [2.45, 2.75) is 55.9 Å². The maximum Gasteiger partial charge on any atom is 0.255 e. The van der Waals surface area contributed by atoms with Crippen molar-refractivity contribution in [1.82, 2.24) is 14.1 Å². The van der Waals surface area contributed by atoms with Crippen molar-refractivity contribution in [1.29, 1.82) is 0 Å². The van der Waals surface area contributed by atoms with E-state index >= 15 is 0 Å². The highest BCUT2D eigenvalue weighted by Gasteiger charge is 2.26. The number of benzene rings is 1. The molecular weight excluding hydrogens is 412 g/mol. The number of carbonyl (C=O) groups excluding carboxylic acids is 1. The fourth-order valence-electron chi connectivity index (χ4n) is 4.61. The van der Waals surface area contributed by atoms with E-state index in [0.717, 1.165) is 38.2 Å². The van der Waals surface area contributed by atoms with Crippen molar-refractivity contribution in [3.63, 3.8) is 0 Å². The molecule has 31 heavy (non-hydrogen) atoms. The van der Waals surface area contributed by atoms with E-state index in [1.807, 2.05) is 7.05 Å². The Hall–Kier alpha value is -1.64. The lowest BCUT2D eigenvalue weighted by molar-refractivity contribution is 0.0768. The largest absolute Gasteiger partial charge is 0.371 e. The van der Waals surface area contributed by atoms with Crippen LogP contribution in [0, 0.1) is 0 Å². The van der Waals surface area contributed by atoms with Gasteiger partial charge in [-0.15, -0.1) is 0 Å². The molecule has 3 rings (SSSR count). The Morgan fingerprint density at radius 1 is 0.968 bits per heavy atom. The van der Waals surface area contributed by atoms with Crippen molar-refractivity contribution in [2.24, 2.45) is 0 Å². The zero-order valence-electron chi connectivity index (χ0n) is 19.5. The van der Waals surface area contributed by atoms with Crippen LogP contribution in [0.15, 0.2) is 23.1 Å². The molecule has 7 nitrogen and oxygen atoms in total. The molecule has 0 atom stereocenters. The molecule has 1 aliphatic heterocycles. The summed E-state index contributed by atoms with van der Waals surface area (Å²) in [5.41, 5.74) is 1.32. The standard InChI is InChI=1S/C23H38N4O3S/c1-24(2)31(29,30)20-12-13-22(27-14-8-9-15-27)21(18-20)23(28)26(4)17-16-25(3)19-10-6-5-7-11-19/h12-13,18-19H,5-11,14-17H2,1-4H3. The summed E-state index contributed by atoms with van der Waals surface area (Å²) in [6.07, 6.45) is 8.55. The minimum Gasteiger partial charge on any atom is -0.371 e. The van der Waals surface area contributed by atoms with Crippen LogP contribution in [0.25, 0.3) is 0 Å². The van der Waals surface area contributed by atoms with Crippen molar-refractivity contribution in [2.75, 3.05) is 59.3 Å². The van der Waals surface area contributed by atoms with Gasteiger partial charge in [0.1, 0.15) is 0 Å². The summed E-state index contributed by atoms with van der Waals surface area (Å²) >= 11 is 0. The van der Waals surface area contributed by atoms with Crippen molar-refractivity contribution in [3.05, 3.63) is 23.8 Å². The molecular formula is C23H38N4O3S. The summed E-state index contributed by atoms with van der Waals surface area (Å²) in [5, 5.41) is 0. The van der Waals surface area contributed by atoms with Gasteiger partial charge in [-0.25, -0.2) is 12.7 Å². The second-order valence-electron chi connectivity index (χ2n) is 9.16. The molecule has 1 saturated heterocycles. The van der Waals surface area contributed by atoms with E-state index in [0.29, 0.717) is 18.2 Å².